The summed E-state index contributed by atoms with van der Waals surface area (Å²) in [4.78, 5) is 20.6. The molecule has 26 heavy (non-hydrogen) atoms. The molecule has 0 atom stereocenters. The molecule has 0 saturated carbocycles. The van der Waals surface area contributed by atoms with Crippen LogP contribution in [0.2, 0.25) is 10.0 Å². The first-order valence-corrected chi connectivity index (χ1v) is 8.17. The van der Waals surface area contributed by atoms with Crippen LogP contribution in [0, 0.1) is 11.3 Å². The van der Waals surface area contributed by atoms with Crippen LogP contribution in [-0.2, 0) is 0 Å². The number of nitrogens with one attached hydrogen (secondary N) is 2. The van der Waals surface area contributed by atoms with Gasteiger partial charge in [0.05, 0.1) is 22.3 Å². The first kappa shape index (κ1) is 17.7. The number of carbonyl (C=O) groups is 1. The third kappa shape index (κ3) is 4.28. The average Bonchev–Trinajstić information content (AvgIpc) is 2.64. The summed E-state index contributed by atoms with van der Waals surface area (Å²) in [7, 11) is 0. The summed E-state index contributed by atoms with van der Waals surface area (Å²) in [6, 6.07) is 15.1. The zero-order valence-corrected chi connectivity index (χ0v) is 14.7. The van der Waals surface area contributed by atoms with Crippen LogP contribution in [0.1, 0.15) is 16.1 Å². The predicted octanol–water partition coefficient (Wildman–Crippen LogP) is 4.65. The molecule has 0 saturated heterocycles. The van der Waals surface area contributed by atoms with E-state index in [0.29, 0.717) is 27.0 Å². The van der Waals surface area contributed by atoms with Crippen LogP contribution in [-0.4, -0.2) is 15.9 Å². The van der Waals surface area contributed by atoms with Crippen molar-refractivity contribution >= 4 is 46.4 Å². The molecule has 0 fully saturated rings. The Hall–Kier alpha value is -3.14. The minimum atomic E-state index is -0.423. The lowest BCUT2D eigenvalue weighted by molar-refractivity contribution is 0.102. The lowest BCUT2D eigenvalue weighted by atomic mass is 10.2. The Morgan fingerprint density at radius 2 is 1.96 bits per heavy atom. The van der Waals surface area contributed by atoms with Crippen LogP contribution < -0.4 is 10.6 Å². The van der Waals surface area contributed by atoms with E-state index < -0.39 is 5.91 Å². The van der Waals surface area contributed by atoms with E-state index in [1.807, 2.05) is 6.07 Å². The first-order valence-electron chi connectivity index (χ1n) is 7.42. The van der Waals surface area contributed by atoms with Crippen molar-refractivity contribution in [2.75, 3.05) is 10.6 Å². The summed E-state index contributed by atoms with van der Waals surface area (Å²) < 4.78 is 0. The molecule has 0 aliphatic heterocycles. The van der Waals surface area contributed by atoms with Gasteiger partial charge < -0.3 is 10.6 Å². The fraction of sp³-hybridized carbons (Fsp3) is 0. The minimum Gasteiger partial charge on any atom is -0.323 e. The Kier molecular flexibility index (Phi) is 5.32. The summed E-state index contributed by atoms with van der Waals surface area (Å²) in [6.45, 7) is 0. The molecule has 0 spiro atoms. The van der Waals surface area contributed by atoms with E-state index in [2.05, 4.69) is 20.6 Å². The summed E-state index contributed by atoms with van der Waals surface area (Å²) in [6.07, 6.45) is 1.46. The molecule has 2 N–H and O–H groups in total. The first-order chi connectivity index (χ1) is 12.5. The van der Waals surface area contributed by atoms with Crippen LogP contribution in [0.5, 0.6) is 0 Å². The number of carbonyl (C=O) groups excluding carboxylic acids is 1. The van der Waals surface area contributed by atoms with Gasteiger partial charge in [-0.2, -0.15) is 5.26 Å². The molecule has 0 bridgehead atoms. The van der Waals surface area contributed by atoms with Gasteiger partial charge in [0, 0.05) is 16.9 Å². The second-order valence-electron chi connectivity index (χ2n) is 5.16. The summed E-state index contributed by atoms with van der Waals surface area (Å²) in [5, 5.41) is 15.5. The highest BCUT2D eigenvalue weighted by Crippen LogP contribution is 2.27. The van der Waals surface area contributed by atoms with Crippen molar-refractivity contribution in [1.29, 1.82) is 5.26 Å². The number of anilines is 3. The average molecular weight is 384 g/mol. The van der Waals surface area contributed by atoms with Crippen LogP contribution >= 0.6 is 23.2 Å². The lowest BCUT2D eigenvalue weighted by Gasteiger charge is -2.09. The normalized spacial score (nSPS) is 10.0. The molecule has 1 aromatic heterocycles. The molecule has 3 rings (SSSR count). The van der Waals surface area contributed by atoms with Gasteiger partial charge in [-0.15, -0.1) is 0 Å². The van der Waals surface area contributed by atoms with Gasteiger partial charge in [-0.3, -0.25) is 4.79 Å². The zero-order valence-electron chi connectivity index (χ0n) is 13.2. The van der Waals surface area contributed by atoms with E-state index in [1.54, 1.807) is 42.5 Å². The molecular weight excluding hydrogens is 373 g/mol. The number of aromatic nitrogens is 2. The second kappa shape index (κ2) is 7.83. The number of rotatable bonds is 4. The van der Waals surface area contributed by atoms with Crippen molar-refractivity contribution < 1.29 is 4.79 Å². The van der Waals surface area contributed by atoms with E-state index in [0.717, 1.165) is 0 Å². The van der Waals surface area contributed by atoms with E-state index in [9.17, 15) is 4.79 Å². The van der Waals surface area contributed by atoms with E-state index in [1.165, 1.54) is 12.3 Å². The number of hydrogen-bond acceptors (Lipinski definition) is 5. The molecule has 0 radical (unpaired) electrons. The highest BCUT2D eigenvalue weighted by molar-refractivity contribution is 6.36. The maximum atomic E-state index is 12.4. The number of hydrogen-bond donors (Lipinski definition) is 2. The molecule has 128 valence electrons. The van der Waals surface area contributed by atoms with Crippen molar-refractivity contribution in [1.82, 2.24) is 9.97 Å². The summed E-state index contributed by atoms with van der Waals surface area (Å²) in [5.74, 6) is -0.208. The monoisotopic (exact) mass is 383 g/mol. The van der Waals surface area contributed by atoms with Gasteiger partial charge in [-0.05, 0) is 42.5 Å². The van der Waals surface area contributed by atoms with Gasteiger partial charge in [0.2, 0.25) is 5.95 Å². The minimum absolute atomic E-state index is 0.162. The molecule has 3 aromatic rings. The van der Waals surface area contributed by atoms with Crippen molar-refractivity contribution in [3.05, 3.63) is 76.0 Å². The number of benzene rings is 2. The second-order valence-corrected chi connectivity index (χ2v) is 6.01. The van der Waals surface area contributed by atoms with Crippen molar-refractivity contribution in [2.24, 2.45) is 0 Å². The molecule has 0 unspecified atom stereocenters. The zero-order chi connectivity index (χ0) is 18.5. The summed E-state index contributed by atoms with van der Waals surface area (Å²) in [5.41, 5.74) is 1.68. The maximum absolute atomic E-state index is 12.4. The standard InChI is InChI=1S/C18H11Cl2N5O/c19-12-4-5-15(14(20)9-12)24-18-22-7-6-16(25-18)17(26)23-13-3-1-2-11(8-13)10-21/h1-9H,(H,23,26)(H,22,24,25). The van der Waals surface area contributed by atoms with Crippen LogP contribution in [0.4, 0.5) is 17.3 Å². The van der Waals surface area contributed by atoms with E-state index >= 15 is 0 Å². The molecule has 1 amide bonds. The fourth-order valence-electron chi connectivity index (χ4n) is 2.12. The predicted molar refractivity (Wildman–Crippen MR) is 101 cm³/mol. The third-order valence-electron chi connectivity index (χ3n) is 3.32. The molecular formula is C18H11Cl2N5O. The largest absolute Gasteiger partial charge is 0.323 e. The van der Waals surface area contributed by atoms with Crippen LogP contribution in [0.15, 0.2) is 54.7 Å². The molecule has 2 aromatic carbocycles. The van der Waals surface area contributed by atoms with Crippen molar-refractivity contribution in [3.8, 4) is 6.07 Å². The SMILES string of the molecule is N#Cc1cccc(NC(=O)c2ccnc(Nc3ccc(Cl)cc3Cl)n2)c1. The third-order valence-corrected chi connectivity index (χ3v) is 3.86. The maximum Gasteiger partial charge on any atom is 0.274 e. The van der Waals surface area contributed by atoms with Crippen molar-refractivity contribution in [2.45, 2.75) is 0 Å². The van der Waals surface area contributed by atoms with E-state index in [4.69, 9.17) is 28.5 Å². The van der Waals surface area contributed by atoms with Gasteiger partial charge in [-0.1, -0.05) is 29.3 Å². The van der Waals surface area contributed by atoms with Crippen LogP contribution in [0.25, 0.3) is 0 Å². The topological polar surface area (TPSA) is 90.7 Å². The quantitative estimate of drug-likeness (QED) is 0.683. The Labute approximate surface area is 159 Å². The van der Waals surface area contributed by atoms with Gasteiger partial charge in [0.1, 0.15) is 5.69 Å². The molecule has 0 aliphatic carbocycles. The smallest absolute Gasteiger partial charge is 0.274 e. The highest BCUT2D eigenvalue weighted by Gasteiger charge is 2.11. The lowest BCUT2D eigenvalue weighted by Crippen LogP contribution is -2.14. The molecule has 0 aliphatic rings. The van der Waals surface area contributed by atoms with Gasteiger partial charge in [0.15, 0.2) is 0 Å². The highest BCUT2D eigenvalue weighted by atomic mass is 35.5. The van der Waals surface area contributed by atoms with E-state index in [-0.39, 0.29) is 11.6 Å². The fourth-order valence-corrected chi connectivity index (χ4v) is 2.57. The summed E-state index contributed by atoms with van der Waals surface area (Å²) >= 11 is 12.0. The Balaban J connectivity index is 1.78. The Bertz CT molecular complexity index is 1020. The number of amides is 1. The van der Waals surface area contributed by atoms with Gasteiger partial charge in [0.25, 0.3) is 5.91 Å². The van der Waals surface area contributed by atoms with Crippen molar-refractivity contribution in [3.63, 3.8) is 0 Å². The molecule has 8 heteroatoms. The van der Waals surface area contributed by atoms with Gasteiger partial charge >= 0.3 is 0 Å². The Morgan fingerprint density at radius 1 is 1.12 bits per heavy atom. The number of halogens is 2. The molecule has 1 heterocycles. The number of nitriles is 1. The molecule has 6 nitrogen and oxygen atoms in total. The number of nitrogens with zero attached hydrogens (tertiary/aromatic N) is 3. The van der Waals surface area contributed by atoms with Gasteiger partial charge in [-0.25, -0.2) is 9.97 Å². The Morgan fingerprint density at radius 3 is 2.73 bits per heavy atom. The van der Waals surface area contributed by atoms with Crippen LogP contribution in [0.3, 0.4) is 0 Å².